The molecule has 1 amide bonds. The molecule has 0 spiro atoms. The van der Waals surface area contributed by atoms with Crippen LogP contribution in [0, 0.1) is 0 Å². The van der Waals surface area contributed by atoms with E-state index in [1.807, 2.05) is 54.7 Å². The SMILES string of the molecule is COC(=O)c1cccc2[nH]cc(C3CCN(CCCNC(=O)c4nccc5ccccc45)CC3)c12. The lowest BCUT2D eigenvalue weighted by atomic mass is 9.88. The van der Waals surface area contributed by atoms with Crippen molar-refractivity contribution in [1.82, 2.24) is 20.2 Å². The first-order valence-electron chi connectivity index (χ1n) is 12.2. The van der Waals surface area contributed by atoms with Gasteiger partial charge in [0.05, 0.1) is 12.7 Å². The van der Waals surface area contributed by atoms with Gasteiger partial charge in [-0.2, -0.15) is 0 Å². The number of carbonyl (C=O) groups excluding carboxylic acids is 2. The number of carbonyl (C=O) groups is 2. The number of aromatic amines is 1. The second-order valence-electron chi connectivity index (χ2n) is 9.07. The topological polar surface area (TPSA) is 87.3 Å². The van der Waals surface area contributed by atoms with Crippen LogP contribution in [-0.2, 0) is 4.74 Å². The summed E-state index contributed by atoms with van der Waals surface area (Å²) in [7, 11) is 1.42. The molecule has 180 valence electrons. The molecule has 1 saturated heterocycles. The second kappa shape index (κ2) is 10.3. The molecule has 0 saturated carbocycles. The highest BCUT2D eigenvalue weighted by Gasteiger charge is 2.25. The maximum absolute atomic E-state index is 12.7. The Balaban J connectivity index is 1.13. The number of nitrogens with zero attached hydrogens (tertiary/aromatic N) is 2. The van der Waals surface area contributed by atoms with Crippen molar-refractivity contribution in [1.29, 1.82) is 0 Å². The zero-order chi connectivity index (χ0) is 24.2. The summed E-state index contributed by atoms with van der Waals surface area (Å²) in [6.07, 6.45) is 6.70. The molecule has 1 aliphatic rings. The van der Waals surface area contributed by atoms with Crippen molar-refractivity contribution in [2.45, 2.75) is 25.2 Å². The van der Waals surface area contributed by atoms with Gasteiger partial charge in [-0.3, -0.25) is 9.78 Å². The summed E-state index contributed by atoms with van der Waals surface area (Å²) in [4.78, 5) is 35.0. The first-order chi connectivity index (χ1) is 17.2. The molecule has 3 heterocycles. The third-order valence-electron chi connectivity index (χ3n) is 6.99. The minimum atomic E-state index is -0.297. The number of fused-ring (bicyclic) bond motifs is 2. The van der Waals surface area contributed by atoms with E-state index in [1.165, 1.54) is 12.7 Å². The monoisotopic (exact) mass is 470 g/mol. The van der Waals surface area contributed by atoms with Gasteiger partial charge in [0.1, 0.15) is 5.69 Å². The fraction of sp³-hybridized carbons (Fsp3) is 0.321. The molecule has 7 heteroatoms. The maximum atomic E-state index is 12.7. The lowest BCUT2D eigenvalue weighted by Gasteiger charge is -2.32. The predicted octanol–water partition coefficient (Wildman–Crippen LogP) is 4.50. The van der Waals surface area contributed by atoms with Gasteiger partial charge in [-0.05, 0) is 74.0 Å². The Bertz CT molecular complexity index is 1350. The number of rotatable bonds is 7. The summed E-state index contributed by atoms with van der Waals surface area (Å²) in [5.41, 5.74) is 3.28. The minimum absolute atomic E-state index is 0.124. The fourth-order valence-corrected chi connectivity index (χ4v) is 5.17. The quantitative estimate of drug-likeness (QED) is 0.307. The number of ether oxygens (including phenoxy) is 1. The first kappa shape index (κ1) is 23.1. The maximum Gasteiger partial charge on any atom is 0.338 e. The minimum Gasteiger partial charge on any atom is -0.465 e. The van der Waals surface area contributed by atoms with Crippen molar-refractivity contribution >= 4 is 33.6 Å². The molecule has 0 radical (unpaired) electrons. The molecule has 2 aromatic heterocycles. The number of nitrogens with one attached hydrogen (secondary N) is 2. The van der Waals surface area contributed by atoms with Gasteiger partial charge in [-0.15, -0.1) is 0 Å². The van der Waals surface area contributed by atoms with Gasteiger partial charge >= 0.3 is 5.97 Å². The molecule has 7 nitrogen and oxygen atoms in total. The summed E-state index contributed by atoms with van der Waals surface area (Å²) in [6, 6.07) is 15.5. The van der Waals surface area contributed by atoms with Crippen molar-refractivity contribution in [2.24, 2.45) is 0 Å². The molecule has 0 unspecified atom stereocenters. The summed E-state index contributed by atoms with van der Waals surface area (Å²) in [5.74, 6) is -0.0150. The second-order valence-corrected chi connectivity index (χ2v) is 9.07. The van der Waals surface area contributed by atoms with Crippen molar-refractivity contribution < 1.29 is 14.3 Å². The van der Waals surface area contributed by atoms with E-state index in [4.69, 9.17) is 4.74 Å². The van der Waals surface area contributed by atoms with Crippen LogP contribution in [0.15, 0.2) is 60.9 Å². The number of hydrogen-bond acceptors (Lipinski definition) is 5. The summed E-state index contributed by atoms with van der Waals surface area (Å²) in [6.45, 7) is 3.55. The molecular formula is C28H30N4O3. The number of amides is 1. The van der Waals surface area contributed by atoms with E-state index in [0.717, 1.165) is 60.6 Å². The number of methoxy groups -OCH3 is 1. The molecular weight excluding hydrogens is 440 g/mol. The molecule has 4 aromatic rings. The van der Waals surface area contributed by atoms with Gasteiger partial charge in [0, 0.05) is 35.2 Å². The molecule has 2 N–H and O–H groups in total. The molecule has 1 aliphatic heterocycles. The van der Waals surface area contributed by atoms with Crippen LogP contribution in [0.4, 0.5) is 0 Å². The fourth-order valence-electron chi connectivity index (χ4n) is 5.17. The summed E-state index contributed by atoms with van der Waals surface area (Å²) in [5, 5.41) is 5.91. The molecule has 1 fully saturated rings. The van der Waals surface area contributed by atoms with Gasteiger partial charge in [-0.25, -0.2) is 4.79 Å². The number of likely N-dealkylation sites (tertiary alicyclic amines) is 1. The van der Waals surface area contributed by atoms with E-state index in [-0.39, 0.29) is 11.9 Å². The highest BCUT2D eigenvalue weighted by atomic mass is 16.5. The standard InChI is InChI=1S/C28H30N4O3/c1-35-28(34)22-8-4-9-24-25(22)23(18-31-24)20-11-16-32(17-12-20)15-5-13-30-27(33)26-21-7-3-2-6-19(21)10-14-29-26/h2-4,6-10,14,18,20,31H,5,11-13,15-17H2,1H3,(H,30,33). The van der Waals surface area contributed by atoms with E-state index in [9.17, 15) is 9.59 Å². The smallest absolute Gasteiger partial charge is 0.338 e. The lowest BCUT2D eigenvalue weighted by molar-refractivity contribution is 0.0602. The van der Waals surface area contributed by atoms with Gasteiger partial charge < -0.3 is 19.9 Å². The average molecular weight is 471 g/mol. The lowest BCUT2D eigenvalue weighted by Crippen LogP contribution is -2.35. The van der Waals surface area contributed by atoms with Crippen molar-refractivity contribution in [2.75, 3.05) is 33.3 Å². The van der Waals surface area contributed by atoms with Gasteiger partial charge in [-0.1, -0.05) is 30.3 Å². The Hall–Kier alpha value is -3.71. The van der Waals surface area contributed by atoms with E-state index in [2.05, 4.69) is 20.2 Å². The van der Waals surface area contributed by atoms with E-state index >= 15 is 0 Å². The van der Waals surface area contributed by atoms with Crippen LogP contribution in [0.25, 0.3) is 21.7 Å². The van der Waals surface area contributed by atoms with E-state index in [1.54, 1.807) is 6.20 Å². The van der Waals surface area contributed by atoms with Crippen molar-refractivity contribution in [3.63, 3.8) is 0 Å². The molecule has 0 aliphatic carbocycles. The van der Waals surface area contributed by atoms with Crippen molar-refractivity contribution in [3.8, 4) is 0 Å². The van der Waals surface area contributed by atoms with Gasteiger partial charge in [0.15, 0.2) is 0 Å². The summed E-state index contributed by atoms with van der Waals surface area (Å²) >= 11 is 0. The van der Waals surface area contributed by atoms with Crippen LogP contribution in [0.2, 0.25) is 0 Å². The van der Waals surface area contributed by atoms with Crippen LogP contribution >= 0.6 is 0 Å². The third-order valence-corrected chi connectivity index (χ3v) is 6.99. The van der Waals surface area contributed by atoms with Gasteiger partial charge in [0.2, 0.25) is 0 Å². The largest absolute Gasteiger partial charge is 0.465 e. The van der Waals surface area contributed by atoms with Crippen molar-refractivity contribution in [3.05, 3.63) is 77.7 Å². The Kier molecular flexibility index (Phi) is 6.77. The first-order valence-corrected chi connectivity index (χ1v) is 12.2. The van der Waals surface area contributed by atoms with Crippen LogP contribution in [0.3, 0.4) is 0 Å². The number of esters is 1. The number of H-pyrrole nitrogens is 1. The molecule has 5 rings (SSSR count). The van der Waals surface area contributed by atoms with E-state index < -0.39 is 0 Å². The molecule has 0 bridgehead atoms. The zero-order valence-corrected chi connectivity index (χ0v) is 19.9. The highest BCUT2D eigenvalue weighted by Crippen LogP contribution is 2.35. The van der Waals surface area contributed by atoms with Gasteiger partial charge in [0.25, 0.3) is 5.91 Å². The molecule has 35 heavy (non-hydrogen) atoms. The number of benzene rings is 2. The normalized spacial score (nSPS) is 14.9. The zero-order valence-electron chi connectivity index (χ0n) is 19.9. The number of piperidine rings is 1. The van der Waals surface area contributed by atoms with Crippen LogP contribution in [0.1, 0.15) is 51.6 Å². The van der Waals surface area contributed by atoms with Crippen LogP contribution < -0.4 is 5.32 Å². The Morgan fingerprint density at radius 2 is 1.94 bits per heavy atom. The molecule has 0 atom stereocenters. The van der Waals surface area contributed by atoms with E-state index in [0.29, 0.717) is 23.7 Å². The Morgan fingerprint density at radius 3 is 2.77 bits per heavy atom. The van der Waals surface area contributed by atoms with Crippen LogP contribution in [-0.4, -0.2) is 60.0 Å². The molecule has 2 aromatic carbocycles. The predicted molar refractivity (Wildman–Crippen MR) is 137 cm³/mol. The average Bonchev–Trinajstić information content (AvgIpc) is 3.35. The number of pyridine rings is 1. The Morgan fingerprint density at radius 1 is 1.11 bits per heavy atom. The number of aromatic nitrogens is 2. The number of hydrogen-bond donors (Lipinski definition) is 2. The summed E-state index contributed by atoms with van der Waals surface area (Å²) < 4.78 is 5.00. The third kappa shape index (κ3) is 4.77. The Labute approximate surface area is 204 Å². The highest BCUT2D eigenvalue weighted by molar-refractivity contribution is 6.06. The van der Waals surface area contributed by atoms with Crippen LogP contribution in [0.5, 0.6) is 0 Å².